The number of rotatable bonds is 5. The number of aliphatic hydroxyl groups excluding tert-OH is 1. The predicted octanol–water partition coefficient (Wildman–Crippen LogP) is 4.62. The molecule has 1 atom stereocenters. The average Bonchev–Trinajstić information content (AvgIpc) is 2.91. The molecule has 0 radical (unpaired) electrons. The van der Waals surface area contributed by atoms with E-state index in [1.54, 1.807) is 0 Å². The van der Waals surface area contributed by atoms with Gasteiger partial charge in [0.25, 0.3) is 0 Å². The van der Waals surface area contributed by atoms with Gasteiger partial charge in [0.15, 0.2) is 0 Å². The van der Waals surface area contributed by atoms with Crippen molar-refractivity contribution in [2.24, 2.45) is 5.92 Å². The Morgan fingerprint density at radius 3 is 2.12 bits per heavy atom. The van der Waals surface area contributed by atoms with E-state index in [0.717, 1.165) is 0 Å². The first kappa shape index (κ1) is 17.1. The second-order valence-corrected chi connectivity index (χ2v) is 6.68. The molecule has 0 fully saturated rings. The Labute approximate surface area is 148 Å². The third-order valence-corrected chi connectivity index (χ3v) is 4.64. The summed E-state index contributed by atoms with van der Waals surface area (Å²) in [5.41, 5.74) is 4.72. The highest BCUT2D eigenvalue weighted by Gasteiger charge is 2.29. The molecule has 0 spiro atoms. The van der Waals surface area contributed by atoms with Crippen molar-refractivity contribution in [3.63, 3.8) is 0 Å². The molecule has 130 valence electrons. The monoisotopic (exact) mass is 337 g/mol. The molecule has 3 rings (SSSR count). The van der Waals surface area contributed by atoms with Gasteiger partial charge in [-0.15, -0.1) is 0 Å². The highest BCUT2D eigenvalue weighted by Crippen LogP contribution is 2.44. The van der Waals surface area contributed by atoms with Gasteiger partial charge >= 0.3 is 6.09 Å². The SMILES string of the molecule is C=C(O)[C@@H](NC(=O)OCC1c2ccccc2-c2ccccc21)C(C)C. The molecule has 2 aromatic rings. The van der Waals surface area contributed by atoms with Crippen molar-refractivity contribution in [3.05, 3.63) is 72.0 Å². The van der Waals surface area contributed by atoms with Crippen LogP contribution in [0, 0.1) is 5.92 Å². The molecule has 0 unspecified atom stereocenters. The fourth-order valence-corrected chi connectivity index (χ4v) is 3.40. The molecule has 0 heterocycles. The molecule has 0 bridgehead atoms. The Morgan fingerprint density at radius 1 is 1.12 bits per heavy atom. The standard InChI is InChI=1S/C21H23NO3/c1-13(2)20(14(3)23)22-21(24)25-12-19-17-10-6-4-8-15(17)16-9-5-7-11-18(16)19/h4-11,13,19-20,23H,3,12H2,1-2H3,(H,22,24)/t20-/m0/s1. The average molecular weight is 337 g/mol. The second kappa shape index (κ2) is 7.01. The van der Waals surface area contributed by atoms with Crippen LogP contribution in [0.25, 0.3) is 11.1 Å². The van der Waals surface area contributed by atoms with Crippen LogP contribution in [0.1, 0.15) is 30.9 Å². The lowest BCUT2D eigenvalue weighted by Gasteiger charge is -2.21. The number of ether oxygens (including phenoxy) is 1. The van der Waals surface area contributed by atoms with Gasteiger partial charge in [0.2, 0.25) is 0 Å². The van der Waals surface area contributed by atoms with Crippen LogP contribution in [0.4, 0.5) is 4.79 Å². The van der Waals surface area contributed by atoms with Crippen molar-refractivity contribution in [1.29, 1.82) is 0 Å². The minimum Gasteiger partial charge on any atom is -0.511 e. The molecule has 2 N–H and O–H groups in total. The van der Waals surface area contributed by atoms with Gasteiger partial charge < -0.3 is 15.2 Å². The van der Waals surface area contributed by atoms with E-state index < -0.39 is 12.1 Å². The van der Waals surface area contributed by atoms with Gasteiger partial charge in [-0.05, 0) is 28.2 Å². The summed E-state index contributed by atoms with van der Waals surface area (Å²) < 4.78 is 5.47. The summed E-state index contributed by atoms with van der Waals surface area (Å²) in [6.07, 6.45) is -0.546. The number of amides is 1. The lowest BCUT2D eigenvalue weighted by molar-refractivity contribution is 0.134. The number of alkyl carbamates (subject to hydrolysis) is 1. The predicted molar refractivity (Wildman–Crippen MR) is 98.6 cm³/mol. The fraction of sp³-hybridized carbons (Fsp3) is 0.286. The van der Waals surface area contributed by atoms with Gasteiger partial charge in [-0.2, -0.15) is 0 Å². The zero-order valence-electron chi connectivity index (χ0n) is 14.5. The van der Waals surface area contributed by atoms with Crippen LogP contribution >= 0.6 is 0 Å². The van der Waals surface area contributed by atoms with Gasteiger partial charge in [0.1, 0.15) is 12.4 Å². The number of nitrogens with one attached hydrogen (secondary N) is 1. The summed E-state index contributed by atoms with van der Waals surface area (Å²) in [4.78, 5) is 12.2. The molecule has 25 heavy (non-hydrogen) atoms. The van der Waals surface area contributed by atoms with E-state index in [0.29, 0.717) is 0 Å². The van der Waals surface area contributed by atoms with Crippen molar-refractivity contribution in [3.8, 4) is 11.1 Å². The molecule has 0 saturated heterocycles. The van der Waals surface area contributed by atoms with E-state index in [2.05, 4.69) is 36.2 Å². The fourth-order valence-electron chi connectivity index (χ4n) is 3.40. The van der Waals surface area contributed by atoms with Crippen LogP contribution in [0.2, 0.25) is 0 Å². The van der Waals surface area contributed by atoms with Crippen molar-refractivity contribution >= 4 is 6.09 Å². The van der Waals surface area contributed by atoms with Crippen molar-refractivity contribution < 1.29 is 14.6 Å². The molecular weight excluding hydrogens is 314 g/mol. The van der Waals surface area contributed by atoms with Crippen LogP contribution in [0.5, 0.6) is 0 Å². The Balaban J connectivity index is 1.73. The lowest BCUT2D eigenvalue weighted by Crippen LogP contribution is -2.40. The maximum Gasteiger partial charge on any atom is 0.407 e. The smallest absolute Gasteiger partial charge is 0.407 e. The van der Waals surface area contributed by atoms with E-state index in [-0.39, 0.29) is 24.2 Å². The Morgan fingerprint density at radius 2 is 1.64 bits per heavy atom. The number of hydrogen-bond acceptors (Lipinski definition) is 3. The second-order valence-electron chi connectivity index (χ2n) is 6.68. The van der Waals surface area contributed by atoms with Gasteiger partial charge in [-0.25, -0.2) is 4.79 Å². The molecule has 4 nitrogen and oxygen atoms in total. The number of benzene rings is 2. The molecule has 1 aliphatic rings. The van der Waals surface area contributed by atoms with E-state index in [4.69, 9.17) is 4.74 Å². The quantitative estimate of drug-likeness (QED) is 0.783. The summed E-state index contributed by atoms with van der Waals surface area (Å²) >= 11 is 0. The van der Waals surface area contributed by atoms with E-state index in [1.807, 2.05) is 38.1 Å². The molecule has 1 aliphatic carbocycles. The number of aliphatic hydroxyl groups is 1. The first-order valence-corrected chi connectivity index (χ1v) is 8.48. The Bertz CT molecular complexity index is 752. The Kier molecular flexibility index (Phi) is 4.79. The zero-order valence-corrected chi connectivity index (χ0v) is 14.5. The van der Waals surface area contributed by atoms with E-state index in [9.17, 15) is 9.90 Å². The van der Waals surface area contributed by atoms with E-state index in [1.165, 1.54) is 22.3 Å². The summed E-state index contributed by atoms with van der Waals surface area (Å²) in [5, 5.41) is 12.3. The number of fused-ring (bicyclic) bond motifs is 3. The molecule has 4 heteroatoms. The summed E-state index contributed by atoms with van der Waals surface area (Å²) in [7, 11) is 0. The summed E-state index contributed by atoms with van der Waals surface area (Å²) in [5.74, 6) is -0.0190. The highest BCUT2D eigenvalue weighted by molar-refractivity contribution is 5.79. The van der Waals surface area contributed by atoms with Crippen LogP contribution in [0.15, 0.2) is 60.9 Å². The van der Waals surface area contributed by atoms with Crippen molar-refractivity contribution in [1.82, 2.24) is 5.32 Å². The largest absolute Gasteiger partial charge is 0.511 e. The molecule has 0 aliphatic heterocycles. The maximum absolute atomic E-state index is 12.2. The molecule has 1 amide bonds. The van der Waals surface area contributed by atoms with Crippen LogP contribution in [0.3, 0.4) is 0 Å². The maximum atomic E-state index is 12.2. The topological polar surface area (TPSA) is 58.6 Å². The summed E-state index contributed by atoms with van der Waals surface area (Å²) in [6.45, 7) is 7.56. The first-order chi connectivity index (χ1) is 12.0. The first-order valence-electron chi connectivity index (χ1n) is 8.48. The zero-order chi connectivity index (χ0) is 18.0. The van der Waals surface area contributed by atoms with Crippen LogP contribution in [-0.2, 0) is 4.74 Å². The highest BCUT2D eigenvalue weighted by atomic mass is 16.5. The minimum atomic E-state index is -0.546. The lowest BCUT2D eigenvalue weighted by atomic mass is 9.98. The van der Waals surface area contributed by atoms with Gasteiger partial charge in [0, 0.05) is 5.92 Å². The molecule has 0 saturated carbocycles. The normalized spacial score (nSPS) is 13.9. The van der Waals surface area contributed by atoms with Crippen LogP contribution < -0.4 is 5.32 Å². The number of carbonyl (C=O) groups excluding carboxylic acids is 1. The third kappa shape index (κ3) is 3.38. The molecule has 0 aromatic heterocycles. The number of hydrogen-bond donors (Lipinski definition) is 2. The van der Waals surface area contributed by atoms with Crippen LogP contribution in [-0.4, -0.2) is 23.8 Å². The van der Waals surface area contributed by atoms with Gasteiger partial charge in [-0.1, -0.05) is 69.0 Å². The molecule has 2 aromatic carbocycles. The minimum absolute atomic E-state index is 0.0213. The van der Waals surface area contributed by atoms with Crippen molar-refractivity contribution in [2.45, 2.75) is 25.8 Å². The van der Waals surface area contributed by atoms with E-state index >= 15 is 0 Å². The van der Waals surface area contributed by atoms with Crippen molar-refractivity contribution in [2.75, 3.05) is 6.61 Å². The number of carbonyl (C=O) groups is 1. The van der Waals surface area contributed by atoms with Gasteiger partial charge in [0.05, 0.1) is 6.04 Å². The Hall–Kier alpha value is -2.75. The van der Waals surface area contributed by atoms with Gasteiger partial charge in [-0.3, -0.25) is 0 Å². The summed E-state index contributed by atoms with van der Waals surface area (Å²) in [6, 6.07) is 15.9. The third-order valence-electron chi connectivity index (χ3n) is 4.64. The molecular formula is C21H23NO3.